The highest BCUT2D eigenvalue weighted by molar-refractivity contribution is 6.39. The number of nitrogens with zero attached hydrogens (tertiary/aromatic N) is 2. The number of fused-ring (bicyclic) bond motifs is 1. The van der Waals surface area contributed by atoms with E-state index in [1.54, 1.807) is 25.8 Å². The van der Waals surface area contributed by atoms with E-state index in [4.69, 9.17) is 4.74 Å². The van der Waals surface area contributed by atoms with Crippen molar-refractivity contribution >= 4 is 28.4 Å². The second-order valence-corrected chi connectivity index (χ2v) is 6.35. The highest BCUT2D eigenvalue weighted by atomic mass is 16.5. The smallest absolute Gasteiger partial charge is 0.313 e. The molecule has 3 aromatic rings. The van der Waals surface area contributed by atoms with Crippen LogP contribution in [0.4, 0.5) is 5.69 Å². The Morgan fingerprint density at radius 3 is 2.70 bits per heavy atom. The van der Waals surface area contributed by atoms with Crippen molar-refractivity contribution in [1.29, 1.82) is 0 Å². The molecule has 2 amide bonds. The summed E-state index contributed by atoms with van der Waals surface area (Å²) in [7, 11) is 3.41. The molecule has 3 N–H and O–H groups in total. The number of ether oxygens (including phenoxy) is 1. The molecular formula is C19H23N5O3. The molecule has 0 spiro atoms. The molecule has 3 rings (SSSR count). The van der Waals surface area contributed by atoms with E-state index in [1.165, 1.54) is 0 Å². The van der Waals surface area contributed by atoms with Gasteiger partial charge >= 0.3 is 11.8 Å². The van der Waals surface area contributed by atoms with Crippen LogP contribution >= 0.6 is 0 Å². The topological polar surface area (TPSA) is 101 Å². The number of amides is 2. The number of methoxy groups -OCH3 is 1. The number of anilines is 1. The predicted molar refractivity (Wildman–Crippen MR) is 103 cm³/mol. The molecule has 0 aliphatic heterocycles. The molecule has 0 aliphatic carbocycles. The number of rotatable bonds is 5. The van der Waals surface area contributed by atoms with Gasteiger partial charge in [-0.1, -0.05) is 0 Å². The number of aryl methyl sites for hydroxylation is 2. The van der Waals surface area contributed by atoms with Gasteiger partial charge in [0.1, 0.15) is 5.75 Å². The van der Waals surface area contributed by atoms with Crippen molar-refractivity contribution in [2.75, 3.05) is 19.0 Å². The van der Waals surface area contributed by atoms with Crippen LogP contribution in [0.3, 0.4) is 0 Å². The van der Waals surface area contributed by atoms with E-state index >= 15 is 0 Å². The van der Waals surface area contributed by atoms with E-state index in [1.807, 2.05) is 31.3 Å². The van der Waals surface area contributed by atoms with Crippen LogP contribution in [0.5, 0.6) is 5.75 Å². The summed E-state index contributed by atoms with van der Waals surface area (Å²) in [4.78, 5) is 27.4. The predicted octanol–water partition coefficient (Wildman–Crippen LogP) is 1.82. The Balaban J connectivity index is 1.58. The molecule has 0 fully saturated rings. The number of H-pyrrole nitrogens is 1. The highest BCUT2D eigenvalue weighted by Gasteiger charge is 2.18. The molecule has 0 saturated heterocycles. The van der Waals surface area contributed by atoms with Crippen LogP contribution in [0.1, 0.15) is 17.0 Å². The van der Waals surface area contributed by atoms with Gasteiger partial charge in [-0.2, -0.15) is 5.10 Å². The minimum Gasteiger partial charge on any atom is -0.497 e. The van der Waals surface area contributed by atoms with Gasteiger partial charge in [-0.05, 0) is 44.0 Å². The lowest BCUT2D eigenvalue weighted by Gasteiger charge is -2.07. The fraction of sp³-hybridized carbons (Fsp3) is 0.316. The number of carbonyl (C=O) groups excluding carboxylic acids is 2. The Morgan fingerprint density at radius 1 is 1.26 bits per heavy atom. The Hall–Kier alpha value is -3.29. The van der Waals surface area contributed by atoms with Crippen molar-refractivity contribution in [3.63, 3.8) is 0 Å². The van der Waals surface area contributed by atoms with E-state index < -0.39 is 11.8 Å². The normalized spacial score (nSPS) is 10.8. The standard InChI is InChI=1S/C19H23N5O3/c1-11-17(12(2)24(3)23-11)22-19(26)18(25)20-8-7-13-10-21-16-6-5-14(27-4)9-15(13)16/h5-6,9-10,21H,7-8H2,1-4H3,(H,20,25)(H,22,26). The molecule has 0 atom stereocenters. The van der Waals surface area contributed by atoms with Crippen molar-refractivity contribution < 1.29 is 14.3 Å². The number of benzene rings is 1. The molecule has 0 saturated carbocycles. The molecule has 0 radical (unpaired) electrons. The van der Waals surface area contributed by atoms with E-state index in [2.05, 4.69) is 20.7 Å². The van der Waals surface area contributed by atoms with Crippen LogP contribution in [-0.2, 0) is 23.1 Å². The summed E-state index contributed by atoms with van der Waals surface area (Å²) in [6.07, 6.45) is 2.50. The summed E-state index contributed by atoms with van der Waals surface area (Å²) in [5, 5.41) is 10.5. The first-order chi connectivity index (χ1) is 12.9. The molecular weight excluding hydrogens is 346 g/mol. The third-order valence-electron chi connectivity index (χ3n) is 4.61. The maximum absolute atomic E-state index is 12.1. The Labute approximate surface area is 156 Å². The fourth-order valence-corrected chi connectivity index (χ4v) is 3.01. The van der Waals surface area contributed by atoms with Crippen molar-refractivity contribution in [3.05, 3.63) is 41.3 Å². The van der Waals surface area contributed by atoms with Gasteiger partial charge in [-0.15, -0.1) is 0 Å². The van der Waals surface area contributed by atoms with Crippen molar-refractivity contribution in [3.8, 4) is 5.75 Å². The summed E-state index contributed by atoms with van der Waals surface area (Å²) in [6.45, 7) is 3.96. The first-order valence-corrected chi connectivity index (χ1v) is 8.64. The van der Waals surface area contributed by atoms with Crippen LogP contribution in [0.15, 0.2) is 24.4 Å². The van der Waals surface area contributed by atoms with E-state index in [-0.39, 0.29) is 0 Å². The number of aromatic amines is 1. The molecule has 2 aromatic heterocycles. The molecule has 1 aromatic carbocycles. The average Bonchev–Trinajstić information content (AvgIpc) is 3.16. The largest absolute Gasteiger partial charge is 0.497 e. The van der Waals surface area contributed by atoms with Crippen LogP contribution in [-0.4, -0.2) is 40.2 Å². The highest BCUT2D eigenvalue weighted by Crippen LogP contribution is 2.23. The second-order valence-electron chi connectivity index (χ2n) is 6.35. The first-order valence-electron chi connectivity index (χ1n) is 8.64. The van der Waals surface area contributed by atoms with Crippen molar-refractivity contribution in [2.45, 2.75) is 20.3 Å². The van der Waals surface area contributed by atoms with Gasteiger partial charge in [0.15, 0.2) is 0 Å². The third kappa shape index (κ3) is 3.79. The summed E-state index contributed by atoms with van der Waals surface area (Å²) < 4.78 is 6.92. The molecule has 0 unspecified atom stereocenters. The Morgan fingerprint density at radius 2 is 2.04 bits per heavy atom. The average molecular weight is 369 g/mol. The van der Waals surface area contributed by atoms with Gasteiger partial charge in [-0.25, -0.2) is 0 Å². The second kappa shape index (κ2) is 7.53. The number of hydrogen-bond acceptors (Lipinski definition) is 4. The number of nitrogens with one attached hydrogen (secondary N) is 3. The lowest BCUT2D eigenvalue weighted by atomic mass is 10.1. The molecule has 27 heavy (non-hydrogen) atoms. The van der Waals surface area contributed by atoms with Crippen LogP contribution in [0.25, 0.3) is 10.9 Å². The first kappa shape index (κ1) is 18.5. The van der Waals surface area contributed by atoms with Crippen LogP contribution in [0.2, 0.25) is 0 Å². The summed E-state index contributed by atoms with van der Waals surface area (Å²) in [6, 6.07) is 5.78. The fourth-order valence-electron chi connectivity index (χ4n) is 3.01. The van der Waals surface area contributed by atoms with E-state index in [0.29, 0.717) is 24.3 Å². The Kier molecular flexibility index (Phi) is 5.16. The van der Waals surface area contributed by atoms with Gasteiger partial charge in [0.25, 0.3) is 0 Å². The number of aromatic nitrogens is 3. The summed E-state index contributed by atoms with van der Waals surface area (Å²) in [5.74, 6) is -0.598. The molecule has 0 aliphatic rings. The lowest BCUT2D eigenvalue weighted by molar-refractivity contribution is -0.136. The van der Waals surface area contributed by atoms with Gasteiger partial charge in [0.2, 0.25) is 0 Å². The van der Waals surface area contributed by atoms with Gasteiger partial charge < -0.3 is 20.4 Å². The number of carbonyl (C=O) groups is 2. The van der Waals surface area contributed by atoms with Crippen LogP contribution < -0.4 is 15.4 Å². The molecule has 8 heteroatoms. The van der Waals surface area contributed by atoms with Gasteiger partial charge in [0, 0.05) is 30.7 Å². The van der Waals surface area contributed by atoms with Crippen molar-refractivity contribution in [2.24, 2.45) is 7.05 Å². The number of hydrogen-bond donors (Lipinski definition) is 3. The monoisotopic (exact) mass is 369 g/mol. The minimum absolute atomic E-state index is 0.349. The zero-order valence-corrected chi connectivity index (χ0v) is 15.8. The summed E-state index contributed by atoms with van der Waals surface area (Å²) in [5.41, 5.74) is 4.08. The van der Waals surface area contributed by atoms with E-state index in [9.17, 15) is 9.59 Å². The molecule has 8 nitrogen and oxygen atoms in total. The molecule has 142 valence electrons. The zero-order chi connectivity index (χ0) is 19.6. The van der Waals surface area contributed by atoms with Crippen molar-refractivity contribution in [1.82, 2.24) is 20.1 Å². The SMILES string of the molecule is COc1ccc2[nH]cc(CCNC(=O)C(=O)Nc3c(C)nn(C)c3C)c2c1. The molecule has 2 heterocycles. The van der Waals surface area contributed by atoms with Gasteiger partial charge in [-0.3, -0.25) is 14.3 Å². The maximum atomic E-state index is 12.1. The molecule has 0 bridgehead atoms. The summed E-state index contributed by atoms with van der Waals surface area (Å²) >= 11 is 0. The maximum Gasteiger partial charge on any atom is 0.313 e. The van der Waals surface area contributed by atoms with Crippen LogP contribution in [0, 0.1) is 13.8 Å². The quantitative estimate of drug-likeness (QED) is 0.597. The van der Waals surface area contributed by atoms with Gasteiger partial charge in [0.05, 0.1) is 24.2 Å². The lowest BCUT2D eigenvalue weighted by Crippen LogP contribution is -2.36. The Bertz CT molecular complexity index is 1000. The zero-order valence-electron chi connectivity index (χ0n) is 15.8. The minimum atomic E-state index is -0.699. The third-order valence-corrected chi connectivity index (χ3v) is 4.61. The van der Waals surface area contributed by atoms with E-state index in [0.717, 1.165) is 27.9 Å².